The van der Waals surface area contributed by atoms with E-state index in [1.807, 2.05) is 25.1 Å². The fraction of sp³-hybridized carbons (Fsp3) is 0.333. The molecular formula is C21H27N2O2+. The van der Waals surface area contributed by atoms with Crippen LogP contribution in [-0.2, 0) is 4.79 Å². The topological polar surface area (TPSA) is 62.8 Å². The Morgan fingerprint density at radius 1 is 0.920 bits per heavy atom. The fourth-order valence-electron chi connectivity index (χ4n) is 2.84. The molecule has 0 saturated carbocycles. The highest BCUT2D eigenvalue weighted by atomic mass is 16.2. The summed E-state index contributed by atoms with van der Waals surface area (Å²) in [4.78, 5) is 23.8. The summed E-state index contributed by atoms with van der Waals surface area (Å²) in [5.74, 6) is 0.381. The van der Waals surface area contributed by atoms with Crippen molar-refractivity contribution in [2.75, 3.05) is 5.32 Å². The van der Waals surface area contributed by atoms with Crippen molar-refractivity contribution in [1.82, 2.24) is 0 Å². The summed E-state index contributed by atoms with van der Waals surface area (Å²) >= 11 is 0. The van der Waals surface area contributed by atoms with Gasteiger partial charge in [0.2, 0.25) is 0 Å². The second kappa shape index (κ2) is 8.58. The largest absolute Gasteiger partial charge is 0.330 e. The third-order valence-electron chi connectivity index (χ3n) is 4.37. The van der Waals surface area contributed by atoms with E-state index in [4.69, 9.17) is 0 Å². The summed E-state index contributed by atoms with van der Waals surface area (Å²) in [7, 11) is 0. The molecule has 1 amide bonds. The number of hydrogen-bond acceptors (Lipinski definition) is 2. The standard InChI is InChI=1S/C21H26N2O2/c1-14(2)20(18-8-6-5-7-9-18)22-15(3)21(25)23-19-12-10-17(11-13-19)16(4)24/h5-15,20,22H,1-4H3,(H,23,25)/p+1/t15-,20+/m0/s1. The molecule has 0 aliphatic carbocycles. The number of rotatable bonds is 7. The van der Waals surface area contributed by atoms with Crippen LogP contribution in [0.15, 0.2) is 54.6 Å². The van der Waals surface area contributed by atoms with Gasteiger partial charge in [-0.25, -0.2) is 0 Å². The molecule has 0 aliphatic heterocycles. The van der Waals surface area contributed by atoms with Gasteiger partial charge in [-0.15, -0.1) is 0 Å². The first-order chi connectivity index (χ1) is 11.9. The lowest BCUT2D eigenvalue weighted by atomic mass is 9.95. The number of nitrogens with two attached hydrogens (primary N) is 1. The number of amides is 1. The van der Waals surface area contributed by atoms with Gasteiger partial charge in [0, 0.05) is 22.7 Å². The number of carbonyl (C=O) groups is 2. The van der Waals surface area contributed by atoms with Crippen LogP contribution in [0.25, 0.3) is 0 Å². The Balaban J connectivity index is 2.02. The maximum absolute atomic E-state index is 12.5. The highest BCUT2D eigenvalue weighted by Gasteiger charge is 2.25. The molecule has 0 heterocycles. The van der Waals surface area contributed by atoms with Gasteiger partial charge in [-0.2, -0.15) is 0 Å². The van der Waals surface area contributed by atoms with Crippen molar-refractivity contribution in [3.05, 3.63) is 65.7 Å². The van der Waals surface area contributed by atoms with Crippen molar-refractivity contribution in [1.29, 1.82) is 0 Å². The molecule has 2 aromatic carbocycles. The first kappa shape index (κ1) is 18.9. The van der Waals surface area contributed by atoms with Crippen LogP contribution < -0.4 is 10.6 Å². The lowest BCUT2D eigenvalue weighted by molar-refractivity contribution is -0.718. The van der Waals surface area contributed by atoms with Gasteiger partial charge < -0.3 is 10.6 Å². The summed E-state index contributed by atoms with van der Waals surface area (Å²) in [5.41, 5.74) is 2.57. The molecule has 0 spiro atoms. The number of benzene rings is 2. The first-order valence-electron chi connectivity index (χ1n) is 8.70. The molecule has 0 fully saturated rings. The van der Waals surface area contributed by atoms with E-state index in [2.05, 4.69) is 36.6 Å². The Morgan fingerprint density at radius 2 is 1.52 bits per heavy atom. The van der Waals surface area contributed by atoms with Crippen LogP contribution in [0, 0.1) is 5.92 Å². The average Bonchev–Trinajstić information content (AvgIpc) is 2.60. The zero-order chi connectivity index (χ0) is 18.4. The molecule has 4 heteroatoms. The summed E-state index contributed by atoms with van der Waals surface area (Å²) in [6, 6.07) is 17.2. The van der Waals surface area contributed by atoms with Crippen molar-refractivity contribution in [2.45, 2.75) is 39.8 Å². The predicted molar refractivity (Wildman–Crippen MR) is 100 cm³/mol. The molecule has 132 valence electrons. The zero-order valence-electron chi connectivity index (χ0n) is 15.3. The van der Waals surface area contributed by atoms with Crippen LogP contribution in [-0.4, -0.2) is 17.7 Å². The van der Waals surface area contributed by atoms with Crippen LogP contribution in [0.3, 0.4) is 0 Å². The van der Waals surface area contributed by atoms with Gasteiger partial charge in [0.25, 0.3) is 5.91 Å². The first-order valence-corrected chi connectivity index (χ1v) is 8.70. The van der Waals surface area contributed by atoms with Crippen LogP contribution in [0.2, 0.25) is 0 Å². The Hall–Kier alpha value is -2.46. The van der Waals surface area contributed by atoms with Crippen LogP contribution >= 0.6 is 0 Å². The third kappa shape index (κ3) is 5.26. The molecule has 0 radical (unpaired) electrons. The minimum Gasteiger partial charge on any atom is -0.330 e. The Labute approximate surface area is 149 Å². The number of anilines is 1. The molecular weight excluding hydrogens is 312 g/mol. The number of nitrogens with one attached hydrogen (secondary N) is 1. The van der Waals surface area contributed by atoms with Crippen molar-refractivity contribution in [3.8, 4) is 0 Å². The summed E-state index contributed by atoms with van der Waals surface area (Å²) in [6.07, 6.45) is 0. The monoisotopic (exact) mass is 339 g/mol. The second-order valence-corrected chi connectivity index (χ2v) is 6.78. The maximum atomic E-state index is 12.5. The van der Waals surface area contributed by atoms with E-state index < -0.39 is 0 Å². The van der Waals surface area contributed by atoms with Gasteiger partial charge in [0.05, 0.1) is 0 Å². The predicted octanol–water partition coefficient (Wildman–Crippen LogP) is 3.18. The molecule has 2 atom stereocenters. The molecule has 0 aliphatic rings. The SMILES string of the molecule is CC(=O)c1ccc(NC(=O)[C@H](C)[NH2+][C@@H](c2ccccc2)C(C)C)cc1. The Bertz CT molecular complexity index is 708. The van der Waals surface area contributed by atoms with E-state index in [0.29, 0.717) is 17.2 Å². The number of ketones is 1. The molecule has 3 N–H and O–H groups in total. The van der Waals surface area contributed by atoms with Crippen molar-refractivity contribution < 1.29 is 14.9 Å². The van der Waals surface area contributed by atoms with Crippen molar-refractivity contribution >= 4 is 17.4 Å². The quantitative estimate of drug-likeness (QED) is 0.761. The van der Waals surface area contributed by atoms with Gasteiger partial charge in [-0.05, 0) is 38.1 Å². The van der Waals surface area contributed by atoms with Gasteiger partial charge >= 0.3 is 0 Å². The molecule has 2 rings (SSSR count). The van der Waals surface area contributed by atoms with E-state index in [1.165, 1.54) is 12.5 Å². The number of Topliss-reactive ketones (excluding diaryl/α,β-unsaturated/α-hetero) is 1. The molecule has 0 unspecified atom stereocenters. The smallest absolute Gasteiger partial charge is 0.282 e. The highest BCUT2D eigenvalue weighted by Crippen LogP contribution is 2.17. The molecule has 0 aromatic heterocycles. The lowest BCUT2D eigenvalue weighted by Crippen LogP contribution is -2.93. The van der Waals surface area contributed by atoms with Crippen molar-refractivity contribution in [3.63, 3.8) is 0 Å². The lowest BCUT2D eigenvalue weighted by Gasteiger charge is -2.23. The summed E-state index contributed by atoms with van der Waals surface area (Å²) in [5, 5.41) is 5.03. The third-order valence-corrected chi connectivity index (χ3v) is 4.37. The van der Waals surface area contributed by atoms with E-state index >= 15 is 0 Å². The maximum Gasteiger partial charge on any atom is 0.282 e. The number of hydrogen-bond donors (Lipinski definition) is 2. The van der Waals surface area contributed by atoms with E-state index in [1.54, 1.807) is 24.3 Å². The zero-order valence-corrected chi connectivity index (χ0v) is 15.3. The van der Waals surface area contributed by atoms with Gasteiger partial charge in [0.15, 0.2) is 11.8 Å². The molecule has 2 aromatic rings. The van der Waals surface area contributed by atoms with Crippen molar-refractivity contribution in [2.24, 2.45) is 5.92 Å². The van der Waals surface area contributed by atoms with E-state index in [-0.39, 0.29) is 23.8 Å². The van der Waals surface area contributed by atoms with Crippen LogP contribution in [0.4, 0.5) is 5.69 Å². The highest BCUT2D eigenvalue weighted by molar-refractivity contribution is 5.96. The normalized spacial score (nSPS) is 13.3. The average molecular weight is 339 g/mol. The van der Waals surface area contributed by atoms with E-state index in [9.17, 15) is 9.59 Å². The fourth-order valence-corrected chi connectivity index (χ4v) is 2.84. The molecule has 0 bridgehead atoms. The second-order valence-electron chi connectivity index (χ2n) is 6.78. The van der Waals surface area contributed by atoms with Crippen LogP contribution in [0.5, 0.6) is 0 Å². The van der Waals surface area contributed by atoms with Gasteiger partial charge in [0.1, 0.15) is 6.04 Å². The minimum absolute atomic E-state index is 0.0159. The van der Waals surface area contributed by atoms with Gasteiger partial charge in [-0.1, -0.05) is 44.2 Å². The Morgan fingerprint density at radius 3 is 2.04 bits per heavy atom. The molecule has 0 saturated heterocycles. The van der Waals surface area contributed by atoms with Crippen LogP contribution in [0.1, 0.15) is 49.7 Å². The Kier molecular flexibility index (Phi) is 6.48. The summed E-state index contributed by atoms with van der Waals surface area (Å²) in [6.45, 7) is 7.77. The minimum atomic E-state index is -0.222. The number of carbonyl (C=O) groups excluding carboxylic acids is 2. The summed E-state index contributed by atoms with van der Waals surface area (Å²) < 4.78 is 0. The van der Waals surface area contributed by atoms with Gasteiger partial charge in [-0.3, -0.25) is 9.59 Å². The molecule has 25 heavy (non-hydrogen) atoms. The van der Waals surface area contributed by atoms with E-state index in [0.717, 1.165) is 0 Å². The molecule has 4 nitrogen and oxygen atoms in total. The number of quaternary nitrogens is 1.